The van der Waals surface area contributed by atoms with Gasteiger partial charge in [-0.2, -0.15) is 0 Å². The molecular formula is C18H19BrClN3O. The standard InChI is InChI=1S/C18H19BrClN3O/c1-12-9-13(2)17(21-11-12)22-5-7-23(8-6-22)18(24)15-4-3-14(20)10-16(15)19/h3-4,9-11H,5-8H2,1-2H3. The highest BCUT2D eigenvalue weighted by Crippen LogP contribution is 2.24. The zero-order chi connectivity index (χ0) is 17.3. The van der Waals surface area contributed by atoms with E-state index in [2.05, 4.69) is 38.8 Å². The Morgan fingerprint density at radius 3 is 2.50 bits per heavy atom. The number of aryl methyl sites for hydroxylation is 2. The summed E-state index contributed by atoms with van der Waals surface area (Å²) in [5.74, 6) is 1.05. The lowest BCUT2D eigenvalue weighted by molar-refractivity contribution is 0.0745. The number of halogens is 2. The summed E-state index contributed by atoms with van der Waals surface area (Å²) in [6, 6.07) is 7.41. The van der Waals surface area contributed by atoms with E-state index in [-0.39, 0.29) is 5.91 Å². The highest BCUT2D eigenvalue weighted by molar-refractivity contribution is 9.10. The van der Waals surface area contributed by atoms with Crippen molar-refractivity contribution in [1.29, 1.82) is 0 Å². The van der Waals surface area contributed by atoms with Gasteiger partial charge in [-0.3, -0.25) is 4.79 Å². The number of carbonyl (C=O) groups is 1. The molecule has 0 spiro atoms. The predicted molar refractivity (Wildman–Crippen MR) is 101 cm³/mol. The number of benzene rings is 1. The van der Waals surface area contributed by atoms with Crippen LogP contribution < -0.4 is 4.90 Å². The van der Waals surface area contributed by atoms with Crippen molar-refractivity contribution >= 4 is 39.3 Å². The maximum absolute atomic E-state index is 12.7. The molecule has 0 unspecified atom stereocenters. The molecule has 6 heteroatoms. The number of carbonyl (C=O) groups excluding carboxylic acids is 1. The van der Waals surface area contributed by atoms with Crippen molar-refractivity contribution in [3.05, 3.63) is 56.6 Å². The van der Waals surface area contributed by atoms with Crippen LogP contribution in [0.25, 0.3) is 0 Å². The number of pyridine rings is 1. The molecule has 4 nitrogen and oxygen atoms in total. The molecule has 0 N–H and O–H groups in total. The van der Waals surface area contributed by atoms with E-state index in [9.17, 15) is 4.79 Å². The summed E-state index contributed by atoms with van der Waals surface area (Å²) in [6.07, 6.45) is 1.89. The minimum Gasteiger partial charge on any atom is -0.353 e. The molecule has 3 rings (SSSR count). The van der Waals surface area contributed by atoms with Crippen molar-refractivity contribution in [2.75, 3.05) is 31.1 Å². The smallest absolute Gasteiger partial charge is 0.255 e. The van der Waals surface area contributed by atoms with Crippen molar-refractivity contribution in [3.8, 4) is 0 Å². The summed E-state index contributed by atoms with van der Waals surface area (Å²) in [5.41, 5.74) is 2.99. The Labute approximate surface area is 155 Å². The maximum Gasteiger partial charge on any atom is 0.255 e. The molecular weight excluding hydrogens is 390 g/mol. The van der Waals surface area contributed by atoms with Gasteiger partial charge in [-0.1, -0.05) is 17.7 Å². The zero-order valence-corrected chi connectivity index (χ0v) is 16.1. The van der Waals surface area contributed by atoms with Crippen LogP contribution in [0.2, 0.25) is 5.02 Å². The lowest BCUT2D eigenvalue weighted by Gasteiger charge is -2.36. The molecule has 2 aromatic rings. The van der Waals surface area contributed by atoms with Gasteiger partial charge in [0.1, 0.15) is 5.82 Å². The van der Waals surface area contributed by atoms with Crippen LogP contribution >= 0.6 is 27.5 Å². The Bertz CT molecular complexity index is 773. The number of rotatable bonds is 2. The van der Waals surface area contributed by atoms with E-state index in [0.29, 0.717) is 23.7 Å². The summed E-state index contributed by atoms with van der Waals surface area (Å²) >= 11 is 9.38. The fourth-order valence-corrected chi connectivity index (χ4v) is 3.85. The van der Waals surface area contributed by atoms with Gasteiger partial charge in [0, 0.05) is 41.9 Å². The number of piperazine rings is 1. The molecule has 1 aliphatic rings. The van der Waals surface area contributed by atoms with Crippen LogP contribution in [0.1, 0.15) is 21.5 Å². The second-order valence-electron chi connectivity index (χ2n) is 6.06. The third kappa shape index (κ3) is 3.57. The van der Waals surface area contributed by atoms with E-state index in [1.807, 2.05) is 18.0 Å². The third-order valence-electron chi connectivity index (χ3n) is 4.22. The van der Waals surface area contributed by atoms with E-state index in [1.54, 1.807) is 18.2 Å². The van der Waals surface area contributed by atoms with E-state index >= 15 is 0 Å². The largest absolute Gasteiger partial charge is 0.353 e. The topological polar surface area (TPSA) is 36.4 Å². The summed E-state index contributed by atoms with van der Waals surface area (Å²) in [7, 11) is 0. The number of amides is 1. The average Bonchev–Trinajstić information content (AvgIpc) is 2.54. The van der Waals surface area contributed by atoms with Crippen LogP contribution in [0.5, 0.6) is 0 Å². The first-order chi connectivity index (χ1) is 11.5. The molecule has 0 radical (unpaired) electrons. The Morgan fingerprint density at radius 2 is 1.88 bits per heavy atom. The highest BCUT2D eigenvalue weighted by atomic mass is 79.9. The highest BCUT2D eigenvalue weighted by Gasteiger charge is 2.24. The van der Waals surface area contributed by atoms with E-state index in [0.717, 1.165) is 28.9 Å². The molecule has 1 aliphatic heterocycles. The number of nitrogens with zero attached hydrogens (tertiary/aromatic N) is 3. The molecule has 24 heavy (non-hydrogen) atoms. The molecule has 1 amide bonds. The third-order valence-corrected chi connectivity index (χ3v) is 5.11. The van der Waals surface area contributed by atoms with Crippen molar-refractivity contribution in [3.63, 3.8) is 0 Å². The van der Waals surface area contributed by atoms with Crippen molar-refractivity contribution in [2.45, 2.75) is 13.8 Å². The number of hydrogen-bond donors (Lipinski definition) is 0. The van der Waals surface area contributed by atoms with Crippen molar-refractivity contribution in [1.82, 2.24) is 9.88 Å². The van der Waals surface area contributed by atoms with Gasteiger partial charge in [0.2, 0.25) is 0 Å². The summed E-state index contributed by atoms with van der Waals surface area (Å²) < 4.78 is 0.735. The van der Waals surface area contributed by atoms with Gasteiger partial charge in [-0.15, -0.1) is 0 Å². The van der Waals surface area contributed by atoms with Gasteiger partial charge in [0.25, 0.3) is 5.91 Å². The molecule has 0 aliphatic carbocycles. The van der Waals surface area contributed by atoms with Gasteiger partial charge in [-0.25, -0.2) is 4.98 Å². The second-order valence-corrected chi connectivity index (χ2v) is 7.35. The quantitative estimate of drug-likeness (QED) is 0.751. The summed E-state index contributed by atoms with van der Waals surface area (Å²) in [4.78, 5) is 21.4. The lowest BCUT2D eigenvalue weighted by atomic mass is 10.1. The van der Waals surface area contributed by atoms with Crippen molar-refractivity contribution in [2.24, 2.45) is 0 Å². The minimum atomic E-state index is 0.0341. The van der Waals surface area contributed by atoms with E-state index in [4.69, 9.17) is 11.6 Å². The molecule has 1 aromatic heterocycles. The Hall–Kier alpha value is -1.59. The van der Waals surface area contributed by atoms with Crippen LogP contribution in [0.15, 0.2) is 34.9 Å². The van der Waals surface area contributed by atoms with Crippen LogP contribution in [0.4, 0.5) is 5.82 Å². The van der Waals surface area contributed by atoms with E-state index in [1.165, 1.54) is 5.56 Å². The van der Waals surface area contributed by atoms with Gasteiger partial charge in [0.15, 0.2) is 0 Å². The van der Waals surface area contributed by atoms with Crippen molar-refractivity contribution < 1.29 is 4.79 Å². The molecule has 0 atom stereocenters. The second kappa shape index (κ2) is 7.11. The minimum absolute atomic E-state index is 0.0341. The van der Waals surface area contributed by atoms with Crippen LogP contribution in [0.3, 0.4) is 0 Å². The number of hydrogen-bond acceptors (Lipinski definition) is 3. The first-order valence-electron chi connectivity index (χ1n) is 7.88. The molecule has 1 fully saturated rings. The number of aromatic nitrogens is 1. The molecule has 0 saturated carbocycles. The monoisotopic (exact) mass is 407 g/mol. The Kier molecular flexibility index (Phi) is 5.11. The van der Waals surface area contributed by atoms with Gasteiger partial charge in [-0.05, 0) is 59.1 Å². The molecule has 126 valence electrons. The lowest BCUT2D eigenvalue weighted by Crippen LogP contribution is -2.49. The van der Waals surface area contributed by atoms with Gasteiger partial charge >= 0.3 is 0 Å². The van der Waals surface area contributed by atoms with Crippen LogP contribution in [0, 0.1) is 13.8 Å². The molecule has 2 heterocycles. The van der Waals surface area contributed by atoms with Crippen LogP contribution in [-0.2, 0) is 0 Å². The first-order valence-corrected chi connectivity index (χ1v) is 9.05. The fourth-order valence-electron chi connectivity index (χ4n) is 2.99. The molecule has 1 aromatic carbocycles. The Balaban J connectivity index is 1.69. The number of anilines is 1. The first kappa shape index (κ1) is 17.2. The Morgan fingerprint density at radius 1 is 1.17 bits per heavy atom. The van der Waals surface area contributed by atoms with Gasteiger partial charge in [0.05, 0.1) is 5.56 Å². The van der Waals surface area contributed by atoms with Gasteiger partial charge < -0.3 is 9.80 Å². The zero-order valence-electron chi connectivity index (χ0n) is 13.7. The summed E-state index contributed by atoms with van der Waals surface area (Å²) in [6.45, 7) is 7.07. The molecule has 0 bridgehead atoms. The van der Waals surface area contributed by atoms with Crippen LogP contribution in [-0.4, -0.2) is 42.0 Å². The molecule has 1 saturated heterocycles. The fraction of sp³-hybridized carbons (Fsp3) is 0.333. The average molecular weight is 409 g/mol. The van der Waals surface area contributed by atoms with E-state index < -0.39 is 0 Å². The predicted octanol–water partition coefficient (Wildman–Crippen LogP) is 4.08. The normalized spacial score (nSPS) is 14.8. The summed E-state index contributed by atoms with van der Waals surface area (Å²) in [5, 5.41) is 0.615. The maximum atomic E-state index is 12.7. The SMILES string of the molecule is Cc1cnc(N2CCN(C(=O)c3ccc(Cl)cc3Br)CC2)c(C)c1.